The van der Waals surface area contributed by atoms with Crippen LogP contribution in [-0.4, -0.2) is 28.4 Å². The summed E-state index contributed by atoms with van der Waals surface area (Å²) in [6, 6.07) is 0. The zero-order chi connectivity index (χ0) is 12.4. The van der Waals surface area contributed by atoms with E-state index in [9.17, 15) is 8.78 Å². The topological polar surface area (TPSA) is 29.0 Å². The number of nitrogens with zero attached hydrogens (tertiary/aromatic N) is 3. The molecule has 0 atom stereocenters. The Morgan fingerprint density at radius 3 is 2.44 bits per heavy atom. The second-order valence-electron chi connectivity index (χ2n) is 5.86. The Morgan fingerprint density at radius 1 is 1.22 bits per heavy atom. The van der Waals surface area contributed by atoms with Gasteiger partial charge in [-0.1, -0.05) is 0 Å². The average molecular weight is 271 g/mol. The van der Waals surface area contributed by atoms with Gasteiger partial charge in [0.05, 0.1) is 0 Å². The number of anilines is 1. The molecule has 1 aliphatic heterocycles. The highest BCUT2D eigenvalue weighted by molar-refractivity contribution is 7.09. The first kappa shape index (κ1) is 11.1. The molecule has 0 bridgehead atoms. The quantitative estimate of drug-likeness (QED) is 0.828. The Hall–Kier alpha value is -0.780. The predicted molar refractivity (Wildman–Crippen MR) is 65.3 cm³/mol. The summed E-state index contributed by atoms with van der Waals surface area (Å²) in [4.78, 5) is 6.67. The van der Waals surface area contributed by atoms with Gasteiger partial charge in [0.15, 0.2) is 0 Å². The van der Waals surface area contributed by atoms with Crippen molar-refractivity contribution >= 4 is 16.7 Å². The summed E-state index contributed by atoms with van der Waals surface area (Å²) in [7, 11) is 0. The van der Waals surface area contributed by atoms with Crippen LogP contribution < -0.4 is 4.90 Å². The van der Waals surface area contributed by atoms with E-state index >= 15 is 0 Å². The Balaban J connectivity index is 1.44. The van der Waals surface area contributed by atoms with Crippen molar-refractivity contribution in [1.29, 1.82) is 0 Å². The molecular weight excluding hydrogens is 256 g/mol. The fraction of sp³-hybridized carbons (Fsp3) is 0.833. The maximum absolute atomic E-state index is 13.3. The summed E-state index contributed by atoms with van der Waals surface area (Å²) in [6.07, 6.45) is 3.69. The molecule has 0 radical (unpaired) electrons. The second-order valence-corrected chi connectivity index (χ2v) is 6.59. The minimum Gasteiger partial charge on any atom is -0.347 e. The lowest BCUT2D eigenvalue weighted by Crippen LogP contribution is -2.36. The van der Waals surface area contributed by atoms with Gasteiger partial charge in [-0.05, 0) is 25.7 Å². The van der Waals surface area contributed by atoms with E-state index in [1.807, 2.05) is 0 Å². The van der Waals surface area contributed by atoms with Crippen LogP contribution in [0.3, 0.4) is 0 Å². The first-order valence-electron chi connectivity index (χ1n) is 6.56. The van der Waals surface area contributed by atoms with Crippen molar-refractivity contribution in [1.82, 2.24) is 9.36 Å². The standard InChI is InChI=1S/C12H15F2N3S/c13-12(14)7-11(12)3-5-17(6-4-11)10-15-9(16-18-10)8-1-2-8/h8H,1-7H2. The highest BCUT2D eigenvalue weighted by Gasteiger charge is 2.70. The lowest BCUT2D eigenvalue weighted by atomic mass is 9.93. The number of hydrogen-bond donors (Lipinski definition) is 0. The van der Waals surface area contributed by atoms with E-state index in [0.29, 0.717) is 31.8 Å². The van der Waals surface area contributed by atoms with Crippen LogP contribution in [-0.2, 0) is 0 Å². The van der Waals surface area contributed by atoms with Crippen LogP contribution in [0.5, 0.6) is 0 Å². The van der Waals surface area contributed by atoms with Gasteiger partial charge in [-0.25, -0.2) is 13.8 Å². The average Bonchev–Trinajstić information content (AvgIpc) is 3.20. The molecule has 6 heteroatoms. The number of hydrogen-bond acceptors (Lipinski definition) is 4. The molecule has 0 N–H and O–H groups in total. The molecule has 98 valence electrons. The molecule has 2 aliphatic carbocycles. The summed E-state index contributed by atoms with van der Waals surface area (Å²) in [5, 5.41) is 0.927. The molecule has 1 saturated heterocycles. The molecule has 1 aromatic rings. The van der Waals surface area contributed by atoms with Gasteiger partial charge >= 0.3 is 0 Å². The molecule has 3 aliphatic rings. The Labute approximate surface area is 108 Å². The van der Waals surface area contributed by atoms with Gasteiger partial charge in [0.2, 0.25) is 5.13 Å². The van der Waals surface area contributed by atoms with Crippen molar-refractivity contribution in [3.05, 3.63) is 5.82 Å². The van der Waals surface area contributed by atoms with Crippen molar-refractivity contribution in [3.8, 4) is 0 Å². The van der Waals surface area contributed by atoms with Gasteiger partial charge in [-0.2, -0.15) is 4.37 Å². The van der Waals surface area contributed by atoms with E-state index in [2.05, 4.69) is 14.3 Å². The van der Waals surface area contributed by atoms with E-state index in [4.69, 9.17) is 0 Å². The Bertz CT molecular complexity index is 475. The molecular formula is C12H15F2N3S. The van der Waals surface area contributed by atoms with Crippen molar-refractivity contribution in [2.45, 2.75) is 43.9 Å². The summed E-state index contributed by atoms with van der Waals surface area (Å²) in [5.74, 6) is -0.870. The molecule has 4 rings (SSSR count). The molecule has 3 fully saturated rings. The molecule has 2 heterocycles. The highest BCUT2D eigenvalue weighted by Crippen LogP contribution is 2.65. The van der Waals surface area contributed by atoms with Gasteiger partial charge in [0.25, 0.3) is 5.92 Å². The van der Waals surface area contributed by atoms with Crippen molar-refractivity contribution in [2.75, 3.05) is 18.0 Å². The smallest absolute Gasteiger partial charge is 0.254 e. The minimum atomic E-state index is -2.40. The Kier molecular flexibility index (Phi) is 2.10. The molecule has 1 aromatic heterocycles. The number of alkyl halides is 2. The van der Waals surface area contributed by atoms with Gasteiger partial charge in [0.1, 0.15) is 5.82 Å². The van der Waals surface area contributed by atoms with E-state index in [1.165, 1.54) is 24.4 Å². The second kappa shape index (κ2) is 3.40. The first-order chi connectivity index (χ1) is 8.60. The van der Waals surface area contributed by atoms with E-state index in [-0.39, 0.29) is 6.42 Å². The van der Waals surface area contributed by atoms with Gasteiger partial charge in [-0.3, -0.25) is 0 Å². The largest absolute Gasteiger partial charge is 0.347 e. The molecule has 2 saturated carbocycles. The highest BCUT2D eigenvalue weighted by atomic mass is 32.1. The first-order valence-corrected chi connectivity index (χ1v) is 7.33. The Morgan fingerprint density at radius 2 is 1.89 bits per heavy atom. The number of aromatic nitrogens is 2. The number of halogens is 2. The summed E-state index contributed by atoms with van der Waals surface area (Å²) >= 11 is 1.42. The molecule has 0 unspecified atom stereocenters. The number of rotatable bonds is 2. The van der Waals surface area contributed by atoms with Crippen LogP contribution in [0.2, 0.25) is 0 Å². The maximum Gasteiger partial charge on any atom is 0.254 e. The van der Waals surface area contributed by atoms with Gasteiger partial charge in [0, 0.05) is 42.4 Å². The normalized spacial score (nSPS) is 28.7. The third-order valence-electron chi connectivity index (χ3n) is 4.58. The summed E-state index contributed by atoms with van der Waals surface area (Å²) < 4.78 is 30.9. The molecule has 0 aromatic carbocycles. The van der Waals surface area contributed by atoms with Crippen LogP contribution in [0.4, 0.5) is 13.9 Å². The van der Waals surface area contributed by atoms with Crippen LogP contribution in [0.25, 0.3) is 0 Å². The van der Waals surface area contributed by atoms with Crippen molar-refractivity contribution in [2.24, 2.45) is 5.41 Å². The third kappa shape index (κ3) is 1.57. The van der Waals surface area contributed by atoms with Crippen molar-refractivity contribution in [3.63, 3.8) is 0 Å². The summed E-state index contributed by atoms with van der Waals surface area (Å²) in [5.41, 5.74) is -0.673. The van der Waals surface area contributed by atoms with Crippen LogP contribution >= 0.6 is 11.5 Å². The lowest BCUT2D eigenvalue weighted by Gasteiger charge is -2.31. The minimum absolute atomic E-state index is 0.0945. The van der Waals surface area contributed by atoms with Gasteiger partial charge in [-0.15, -0.1) is 0 Å². The SMILES string of the molecule is FC1(F)CC12CCN(c1nc(C3CC3)ns1)CC2. The van der Waals surface area contributed by atoms with E-state index < -0.39 is 11.3 Å². The zero-order valence-electron chi connectivity index (χ0n) is 10.0. The number of piperidine rings is 1. The van der Waals surface area contributed by atoms with Crippen LogP contribution in [0.1, 0.15) is 43.8 Å². The van der Waals surface area contributed by atoms with Gasteiger partial charge < -0.3 is 4.90 Å². The molecule has 3 nitrogen and oxygen atoms in total. The zero-order valence-corrected chi connectivity index (χ0v) is 10.8. The third-order valence-corrected chi connectivity index (χ3v) is 5.37. The fourth-order valence-electron chi connectivity index (χ4n) is 2.91. The van der Waals surface area contributed by atoms with Crippen LogP contribution in [0, 0.1) is 5.41 Å². The van der Waals surface area contributed by atoms with E-state index in [0.717, 1.165) is 11.0 Å². The molecule has 18 heavy (non-hydrogen) atoms. The molecule has 1 spiro atoms. The monoisotopic (exact) mass is 271 g/mol. The van der Waals surface area contributed by atoms with E-state index in [1.54, 1.807) is 0 Å². The summed E-state index contributed by atoms with van der Waals surface area (Å²) in [6.45, 7) is 1.41. The fourth-order valence-corrected chi connectivity index (χ4v) is 3.71. The van der Waals surface area contributed by atoms with Crippen LogP contribution in [0.15, 0.2) is 0 Å². The molecule has 0 amide bonds. The van der Waals surface area contributed by atoms with Crippen molar-refractivity contribution < 1.29 is 8.78 Å². The predicted octanol–water partition coefficient (Wildman–Crippen LogP) is 3.04. The maximum atomic E-state index is 13.3. The lowest BCUT2D eigenvalue weighted by molar-refractivity contribution is 0.0537.